The molecule has 5 rings (SSSR count). The molecule has 2 unspecified atom stereocenters. The Balaban J connectivity index is 2.09. The van der Waals surface area contributed by atoms with E-state index in [1.807, 2.05) is 36.4 Å². The largest absolute Gasteiger partial charge is 0.496 e. The van der Waals surface area contributed by atoms with Crippen LogP contribution in [-0.2, 0) is 19.1 Å². The monoisotopic (exact) mass is 382 g/mol. The molecule has 0 saturated heterocycles. The molecular formula is C22H22O6. The van der Waals surface area contributed by atoms with Crippen molar-refractivity contribution in [3.05, 3.63) is 58.7 Å². The van der Waals surface area contributed by atoms with Gasteiger partial charge in [-0.25, -0.2) is 0 Å². The number of esters is 2. The minimum atomic E-state index is -0.727. The number of carbonyl (C=O) groups excluding carboxylic acids is 2. The van der Waals surface area contributed by atoms with Crippen molar-refractivity contribution in [3.63, 3.8) is 0 Å². The van der Waals surface area contributed by atoms with Crippen LogP contribution in [0.2, 0.25) is 0 Å². The first-order valence-electron chi connectivity index (χ1n) is 9.08. The van der Waals surface area contributed by atoms with Crippen LogP contribution in [0.25, 0.3) is 0 Å². The zero-order chi connectivity index (χ0) is 20.0. The molecule has 2 aromatic carbocycles. The normalized spacial score (nSPS) is 24.0. The smallest absolute Gasteiger partial charge is 0.310 e. The zero-order valence-corrected chi connectivity index (χ0v) is 16.2. The Labute approximate surface area is 163 Å². The van der Waals surface area contributed by atoms with E-state index in [9.17, 15) is 9.59 Å². The lowest BCUT2D eigenvalue weighted by Crippen LogP contribution is -2.48. The molecule has 2 bridgehead atoms. The van der Waals surface area contributed by atoms with Crippen LogP contribution in [0.1, 0.15) is 34.1 Å². The van der Waals surface area contributed by atoms with Crippen LogP contribution >= 0.6 is 0 Å². The van der Waals surface area contributed by atoms with Crippen LogP contribution in [0.3, 0.4) is 0 Å². The summed E-state index contributed by atoms with van der Waals surface area (Å²) in [6.45, 7) is 0. The van der Waals surface area contributed by atoms with E-state index in [2.05, 4.69) is 0 Å². The molecule has 0 spiro atoms. The molecule has 6 heteroatoms. The average Bonchev–Trinajstić information content (AvgIpc) is 2.76. The van der Waals surface area contributed by atoms with Crippen molar-refractivity contribution in [3.8, 4) is 11.5 Å². The minimum absolute atomic E-state index is 0.350. The van der Waals surface area contributed by atoms with E-state index in [0.717, 1.165) is 22.3 Å². The molecule has 0 aliphatic heterocycles. The third kappa shape index (κ3) is 2.33. The summed E-state index contributed by atoms with van der Waals surface area (Å²) in [5, 5.41) is 0. The highest BCUT2D eigenvalue weighted by Gasteiger charge is 2.58. The van der Waals surface area contributed by atoms with E-state index in [-0.39, 0.29) is 5.92 Å². The van der Waals surface area contributed by atoms with Gasteiger partial charge in [-0.05, 0) is 23.3 Å². The lowest BCUT2D eigenvalue weighted by atomic mass is 9.53. The first kappa shape index (κ1) is 18.3. The maximum absolute atomic E-state index is 12.9. The minimum Gasteiger partial charge on any atom is -0.496 e. The summed E-state index contributed by atoms with van der Waals surface area (Å²) in [5.74, 6) is -1.69. The van der Waals surface area contributed by atoms with Crippen LogP contribution in [0.4, 0.5) is 0 Å². The maximum Gasteiger partial charge on any atom is 0.310 e. The van der Waals surface area contributed by atoms with Gasteiger partial charge in [0.15, 0.2) is 0 Å². The quantitative estimate of drug-likeness (QED) is 0.758. The second-order valence-corrected chi connectivity index (χ2v) is 6.98. The fourth-order valence-corrected chi connectivity index (χ4v) is 5.00. The van der Waals surface area contributed by atoms with Gasteiger partial charge in [-0.2, -0.15) is 0 Å². The molecule has 0 radical (unpaired) electrons. The van der Waals surface area contributed by atoms with E-state index < -0.39 is 29.7 Å². The van der Waals surface area contributed by atoms with Crippen LogP contribution in [-0.4, -0.2) is 40.4 Å². The van der Waals surface area contributed by atoms with Crippen LogP contribution < -0.4 is 9.47 Å². The fraction of sp³-hybridized carbons (Fsp3) is 0.364. The molecule has 2 atom stereocenters. The molecule has 3 aliphatic rings. The lowest BCUT2D eigenvalue weighted by Gasteiger charge is -2.48. The third-order valence-electron chi connectivity index (χ3n) is 5.98. The molecule has 0 fully saturated rings. The lowest BCUT2D eigenvalue weighted by molar-refractivity contribution is -0.160. The number of hydrogen-bond acceptors (Lipinski definition) is 6. The summed E-state index contributed by atoms with van der Waals surface area (Å²) in [7, 11) is 5.89. The molecule has 0 saturated carbocycles. The Morgan fingerprint density at radius 2 is 1.11 bits per heavy atom. The summed E-state index contributed by atoms with van der Waals surface area (Å²) in [5.41, 5.74) is 3.76. The number of benzene rings is 2. The first-order valence-corrected chi connectivity index (χ1v) is 9.08. The summed E-state index contributed by atoms with van der Waals surface area (Å²) >= 11 is 0. The van der Waals surface area contributed by atoms with E-state index in [4.69, 9.17) is 18.9 Å². The van der Waals surface area contributed by atoms with Gasteiger partial charge in [-0.15, -0.1) is 0 Å². The standard InChI is InChI=1S/C22H22O6/c1-25-13-9-5-7-11-15-12-8-6-10-14(26-2)17(12)18(16(11)13)20(22(24)28-4)19(15)21(23)27-3/h5-10,15,18-20H,1-4H3. The Morgan fingerprint density at radius 1 is 0.679 bits per heavy atom. The summed E-state index contributed by atoms with van der Waals surface area (Å²) in [6.07, 6.45) is 0. The highest BCUT2D eigenvalue weighted by molar-refractivity contribution is 5.88. The topological polar surface area (TPSA) is 71.1 Å². The van der Waals surface area contributed by atoms with Gasteiger partial charge >= 0.3 is 11.9 Å². The molecule has 0 aromatic heterocycles. The fourth-order valence-electron chi connectivity index (χ4n) is 5.00. The van der Waals surface area contributed by atoms with Crippen molar-refractivity contribution in [2.75, 3.05) is 28.4 Å². The van der Waals surface area contributed by atoms with Gasteiger partial charge in [0.2, 0.25) is 0 Å². The highest BCUT2D eigenvalue weighted by atomic mass is 16.5. The van der Waals surface area contributed by atoms with Gasteiger partial charge in [0.1, 0.15) is 11.5 Å². The highest BCUT2D eigenvalue weighted by Crippen LogP contribution is 2.62. The van der Waals surface area contributed by atoms with E-state index >= 15 is 0 Å². The molecule has 2 aromatic rings. The van der Waals surface area contributed by atoms with Gasteiger partial charge in [-0.1, -0.05) is 24.3 Å². The van der Waals surface area contributed by atoms with Crippen molar-refractivity contribution in [1.29, 1.82) is 0 Å². The van der Waals surface area contributed by atoms with Crippen LogP contribution in [0.15, 0.2) is 36.4 Å². The second kappa shape index (κ2) is 6.86. The average molecular weight is 382 g/mol. The molecule has 0 heterocycles. The second-order valence-electron chi connectivity index (χ2n) is 6.98. The molecule has 0 amide bonds. The third-order valence-corrected chi connectivity index (χ3v) is 5.98. The van der Waals surface area contributed by atoms with Crippen LogP contribution in [0, 0.1) is 11.8 Å². The van der Waals surface area contributed by atoms with Crippen molar-refractivity contribution in [2.45, 2.75) is 11.8 Å². The van der Waals surface area contributed by atoms with Crippen molar-refractivity contribution in [1.82, 2.24) is 0 Å². The first-order chi connectivity index (χ1) is 13.6. The molecule has 28 heavy (non-hydrogen) atoms. The van der Waals surface area contributed by atoms with E-state index in [0.29, 0.717) is 11.5 Å². The predicted molar refractivity (Wildman–Crippen MR) is 101 cm³/mol. The Bertz CT molecular complexity index is 895. The Morgan fingerprint density at radius 3 is 1.50 bits per heavy atom. The molecule has 0 N–H and O–H groups in total. The van der Waals surface area contributed by atoms with Gasteiger partial charge in [0.25, 0.3) is 0 Å². The van der Waals surface area contributed by atoms with Crippen molar-refractivity contribution >= 4 is 11.9 Å². The summed E-state index contributed by atoms with van der Waals surface area (Å²) < 4.78 is 21.5. The van der Waals surface area contributed by atoms with Crippen LogP contribution in [0.5, 0.6) is 11.5 Å². The van der Waals surface area contributed by atoms with E-state index in [1.54, 1.807) is 14.2 Å². The molecule has 146 valence electrons. The number of ether oxygens (including phenoxy) is 4. The van der Waals surface area contributed by atoms with E-state index in [1.165, 1.54) is 14.2 Å². The SMILES string of the molecule is COC(=O)C1C2c3cccc(OC)c3C(c3c(OC)cccc32)C1C(=O)OC. The Hall–Kier alpha value is -3.02. The number of carbonyl (C=O) groups is 2. The van der Waals surface area contributed by atoms with Gasteiger partial charge in [-0.3, -0.25) is 9.59 Å². The van der Waals surface area contributed by atoms with Crippen molar-refractivity contribution < 1.29 is 28.5 Å². The molecule has 6 nitrogen and oxygen atoms in total. The maximum atomic E-state index is 12.9. The number of fused-ring (bicyclic) bond motifs is 1. The molecular weight excluding hydrogens is 360 g/mol. The zero-order valence-electron chi connectivity index (χ0n) is 16.2. The van der Waals surface area contributed by atoms with Gasteiger partial charge < -0.3 is 18.9 Å². The van der Waals surface area contributed by atoms with Gasteiger partial charge in [0, 0.05) is 23.0 Å². The summed E-state index contributed by atoms with van der Waals surface area (Å²) in [6, 6.07) is 11.5. The van der Waals surface area contributed by atoms with Gasteiger partial charge in [0.05, 0.1) is 40.3 Å². The van der Waals surface area contributed by atoms with Crippen molar-refractivity contribution in [2.24, 2.45) is 11.8 Å². The summed E-state index contributed by atoms with van der Waals surface area (Å²) in [4.78, 5) is 25.7. The Kier molecular flexibility index (Phi) is 4.49. The predicted octanol–water partition coefficient (Wildman–Crippen LogP) is 2.87. The number of methoxy groups -OCH3 is 4. The molecule has 3 aliphatic carbocycles. The number of hydrogen-bond donors (Lipinski definition) is 0. The number of rotatable bonds is 4.